The number of nitrogen functional groups attached to an aromatic ring is 1. The van der Waals surface area contributed by atoms with E-state index in [1.807, 2.05) is 41.9 Å². The average molecular weight is 282 g/mol. The van der Waals surface area contributed by atoms with E-state index in [0.29, 0.717) is 6.61 Å². The van der Waals surface area contributed by atoms with Crippen LogP contribution < -0.4 is 15.0 Å². The van der Waals surface area contributed by atoms with Gasteiger partial charge in [0.15, 0.2) is 0 Å². The van der Waals surface area contributed by atoms with Crippen molar-refractivity contribution in [1.29, 1.82) is 0 Å². The lowest BCUT2D eigenvalue weighted by molar-refractivity contribution is -0.630. The van der Waals surface area contributed by atoms with Gasteiger partial charge in [-0.15, -0.1) is 0 Å². The van der Waals surface area contributed by atoms with E-state index < -0.39 is 0 Å². The first-order valence-corrected chi connectivity index (χ1v) is 7.09. The van der Waals surface area contributed by atoms with E-state index in [4.69, 9.17) is 10.5 Å². The molecule has 2 N–H and O–H groups in total. The minimum absolute atomic E-state index is 0.591. The van der Waals surface area contributed by atoms with Gasteiger partial charge in [0, 0.05) is 0 Å². The molecule has 1 heterocycles. The molecular weight excluding hydrogens is 262 g/mol. The molecule has 0 fully saturated rings. The Hall–Kier alpha value is -2.49. The molecule has 0 aliphatic carbocycles. The third kappa shape index (κ3) is 2.44. The predicted octanol–water partition coefficient (Wildman–Crippen LogP) is 2.44. The third-order valence-electron chi connectivity index (χ3n) is 3.82. The van der Waals surface area contributed by atoms with Gasteiger partial charge in [0.2, 0.25) is 0 Å². The van der Waals surface area contributed by atoms with Crippen molar-refractivity contribution in [2.75, 3.05) is 12.3 Å². The fourth-order valence-corrected chi connectivity index (χ4v) is 2.60. The van der Waals surface area contributed by atoms with Gasteiger partial charge in [-0.3, -0.25) is 5.73 Å². The summed E-state index contributed by atoms with van der Waals surface area (Å²) in [6, 6.07) is 16.3. The van der Waals surface area contributed by atoms with Crippen molar-refractivity contribution >= 4 is 17.0 Å². The van der Waals surface area contributed by atoms with Crippen LogP contribution in [0.3, 0.4) is 0 Å². The molecule has 0 atom stereocenters. The summed E-state index contributed by atoms with van der Waals surface area (Å²) >= 11 is 0. The Morgan fingerprint density at radius 1 is 1.10 bits per heavy atom. The molecular formula is C17H20N3O+. The number of fused-ring (bicyclic) bond motifs is 1. The van der Waals surface area contributed by atoms with E-state index in [1.54, 1.807) is 0 Å². The molecule has 0 saturated carbocycles. The molecule has 0 radical (unpaired) electrons. The van der Waals surface area contributed by atoms with Crippen molar-refractivity contribution in [2.24, 2.45) is 7.05 Å². The number of nitrogens with zero attached hydrogens (tertiary/aromatic N) is 2. The number of anilines is 1. The second-order valence-electron chi connectivity index (χ2n) is 5.17. The van der Waals surface area contributed by atoms with E-state index >= 15 is 0 Å². The van der Waals surface area contributed by atoms with E-state index in [1.165, 1.54) is 0 Å². The summed E-state index contributed by atoms with van der Waals surface area (Å²) in [6.45, 7) is 3.37. The minimum atomic E-state index is 0.591. The number of para-hydroxylation sites is 3. The van der Waals surface area contributed by atoms with E-state index in [9.17, 15) is 0 Å². The van der Waals surface area contributed by atoms with Gasteiger partial charge < -0.3 is 4.74 Å². The van der Waals surface area contributed by atoms with E-state index in [-0.39, 0.29) is 0 Å². The van der Waals surface area contributed by atoms with Crippen LogP contribution in [-0.4, -0.2) is 11.2 Å². The van der Waals surface area contributed by atoms with Crippen molar-refractivity contribution in [3.8, 4) is 5.75 Å². The van der Waals surface area contributed by atoms with Crippen molar-refractivity contribution in [3.05, 3.63) is 54.1 Å². The van der Waals surface area contributed by atoms with Crippen molar-refractivity contribution in [2.45, 2.75) is 13.5 Å². The number of benzene rings is 2. The zero-order valence-electron chi connectivity index (χ0n) is 12.4. The van der Waals surface area contributed by atoms with Crippen LogP contribution in [-0.2, 0) is 13.6 Å². The largest absolute Gasteiger partial charge is 0.490 e. The fourth-order valence-electron chi connectivity index (χ4n) is 2.60. The molecule has 0 amide bonds. The van der Waals surface area contributed by atoms with Gasteiger partial charge in [-0.25, -0.2) is 9.13 Å². The van der Waals surface area contributed by atoms with Crippen LogP contribution in [0.25, 0.3) is 11.0 Å². The molecule has 108 valence electrons. The Labute approximate surface area is 124 Å². The quantitative estimate of drug-likeness (QED) is 0.747. The number of hydrogen-bond donors (Lipinski definition) is 1. The Bertz CT molecular complexity index is 777. The molecule has 1 aromatic heterocycles. The van der Waals surface area contributed by atoms with Crippen molar-refractivity contribution in [3.63, 3.8) is 0 Å². The molecule has 4 heteroatoms. The molecule has 0 aliphatic rings. The Morgan fingerprint density at radius 3 is 2.62 bits per heavy atom. The number of aryl methyl sites for hydroxylation is 2. The molecule has 21 heavy (non-hydrogen) atoms. The smallest absolute Gasteiger partial charge is 0.355 e. The number of nitrogens with two attached hydrogens (primary N) is 1. The van der Waals surface area contributed by atoms with Gasteiger partial charge in [-0.2, -0.15) is 0 Å². The van der Waals surface area contributed by atoms with Gasteiger partial charge in [0.1, 0.15) is 29.9 Å². The highest BCUT2D eigenvalue weighted by atomic mass is 16.5. The van der Waals surface area contributed by atoms with Crippen LogP contribution in [0.2, 0.25) is 0 Å². The summed E-state index contributed by atoms with van der Waals surface area (Å²) < 4.78 is 9.96. The zero-order valence-corrected chi connectivity index (χ0v) is 12.4. The third-order valence-corrected chi connectivity index (χ3v) is 3.82. The first-order valence-electron chi connectivity index (χ1n) is 7.09. The van der Waals surface area contributed by atoms with Crippen molar-refractivity contribution < 1.29 is 9.30 Å². The van der Waals surface area contributed by atoms with Crippen LogP contribution in [0.15, 0.2) is 48.5 Å². The summed E-state index contributed by atoms with van der Waals surface area (Å²) in [7, 11) is 1.98. The van der Waals surface area contributed by atoms with Crippen LogP contribution in [0, 0.1) is 6.92 Å². The monoisotopic (exact) mass is 282 g/mol. The molecule has 2 aromatic carbocycles. The summed E-state index contributed by atoms with van der Waals surface area (Å²) in [4.78, 5) is 0. The second-order valence-corrected chi connectivity index (χ2v) is 5.17. The van der Waals surface area contributed by atoms with E-state index in [0.717, 1.165) is 34.8 Å². The molecule has 0 bridgehead atoms. The van der Waals surface area contributed by atoms with E-state index in [2.05, 4.69) is 29.7 Å². The van der Waals surface area contributed by atoms with Gasteiger partial charge in [-0.05, 0) is 30.7 Å². The summed E-state index contributed by atoms with van der Waals surface area (Å²) in [5.74, 6) is 1.67. The maximum Gasteiger partial charge on any atom is 0.355 e. The molecule has 3 rings (SSSR count). The van der Waals surface area contributed by atoms with Crippen molar-refractivity contribution in [1.82, 2.24) is 4.57 Å². The summed E-state index contributed by atoms with van der Waals surface area (Å²) in [6.07, 6.45) is 0. The number of ether oxygens (including phenoxy) is 1. The Kier molecular flexibility index (Phi) is 3.52. The predicted molar refractivity (Wildman–Crippen MR) is 84.2 cm³/mol. The van der Waals surface area contributed by atoms with Crippen LogP contribution in [0.5, 0.6) is 5.75 Å². The standard InChI is InChI=1S/C17H19N3O/c1-13-7-3-6-10-16(13)21-12-11-20-15-9-5-4-8-14(15)19(2)17(20)18/h3-10,18H,11-12H2,1-2H3/p+1. The first kappa shape index (κ1) is 13.5. The normalized spacial score (nSPS) is 11.0. The Balaban J connectivity index is 1.80. The van der Waals surface area contributed by atoms with Crippen LogP contribution >= 0.6 is 0 Å². The lowest BCUT2D eigenvalue weighted by Gasteiger charge is -2.08. The van der Waals surface area contributed by atoms with Crippen LogP contribution in [0.1, 0.15) is 5.56 Å². The lowest BCUT2D eigenvalue weighted by atomic mass is 10.2. The second kappa shape index (κ2) is 5.48. The van der Waals surface area contributed by atoms with Gasteiger partial charge in [0.25, 0.3) is 0 Å². The zero-order chi connectivity index (χ0) is 14.8. The highest BCUT2D eigenvalue weighted by molar-refractivity contribution is 5.73. The molecule has 0 unspecified atom stereocenters. The highest BCUT2D eigenvalue weighted by Crippen LogP contribution is 2.18. The minimum Gasteiger partial charge on any atom is -0.490 e. The fraction of sp³-hybridized carbons (Fsp3) is 0.235. The Morgan fingerprint density at radius 2 is 1.81 bits per heavy atom. The number of hydrogen-bond acceptors (Lipinski definition) is 2. The summed E-state index contributed by atoms with van der Waals surface area (Å²) in [5.41, 5.74) is 9.60. The molecule has 4 nitrogen and oxygen atoms in total. The number of imidazole rings is 1. The van der Waals surface area contributed by atoms with Crippen LogP contribution in [0.4, 0.5) is 5.95 Å². The highest BCUT2D eigenvalue weighted by Gasteiger charge is 2.17. The molecule has 0 saturated heterocycles. The SMILES string of the molecule is Cc1ccccc1OCCn1c(N)[n+](C)c2ccccc21. The molecule has 0 spiro atoms. The first-order chi connectivity index (χ1) is 10.2. The van der Waals surface area contributed by atoms with Gasteiger partial charge >= 0.3 is 5.95 Å². The average Bonchev–Trinajstić information content (AvgIpc) is 2.74. The number of aromatic nitrogens is 2. The topological polar surface area (TPSA) is 44.1 Å². The van der Waals surface area contributed by atoms with Gasteiger partial charge in [0.05, 0.1) is 7.05 Å². The number of rotatable bonds is 4. The lowest BCUT2D eigenvalue weighted by Crippen LogP contribution is -2.31. The maximum absolute atomic E-state index is 6.20. The molecule has 3 aromatic rings. The maximum atomic E-state index is 6.20. The molecule has 0 aliphatic heterocycles. The summed E-state index contributed by atoms with van der Waals surface area (Å²) in [5, 5.41) is 0. The van der Waals surface area contributed by atoms with Gasteiger partial charge in [-0.1, -0.05) is 30.3 Å².